The third-order valence-electron chi connectivity index (χ3n) is 4.44. The van der Waals surface area contributed by atoms with Crippen LogP contribution in [0, 0.1) is 0 Å². The van der Waals surface area contributed by atoms with Crippen molar-refractivity contribution in [3.8, 4) is 0 Å². The van der Waals surface area contributed by atoms with Gasteiger partial charge in [0, 0.05) is 37.7 Å². The molecule has 1 amide bonds. The van der Waals surface area contributed by atoms with Gasteiger partial charge in [0.05, 0.1) is 11.2 Å². The molecule has 31 heavy (non-hydrogen) atoms. The Morgan fingerprint density at radius 2 is 1.90 bits per heavy atom. The number of carbonyl (C=O) groups is 2. The molecule has 2 rings (SSSR count). The summed E-state index contributed by atoms with van der Waals surface area (Å²) < 4.78 is 23.0. The van der Waals surface area contributed by atoms with Crippen LogP contribution in [0.25, 0.3) is 0 Å². The zero-order valence-corrected chi connectivity index (χ0v) is 17.9. The van der Waals surface area contributed by atoms with Crippen LogP contribution in [0.5, 0.6) is 0 Å². The number of hydrazine groups is 1. The molecule has 0 aliphatic carbocycles. The summed E-state index contributed by atoms with van der Waals surface area (Å²) in [6.07, 6.45) is 2.21. The van der Waals surface area contributed by atoms with Crippen molar-refractivity contribution < 1.29 is 23.1 Å². The van der Waals surface area contributed by atoms with Gasteiger partial charge in [-0.05, 0) is 29.9 Å². The molecule has 0 radical (unpaired) electrons. The summed E-state index contributed by atoms with van der Waals surface area (Å²) >= 11 is 4.85. The number of aromatic nitrogens is 2. The van der Waals surface area contributed by atoms with Gasteiger partial charge >= 0.3 is 5.97 Å². The minimum atomic E-state index is -3.93. The van der Waals surface area contributed by atoms with Gasteiger partial charge in [-0.25, -0.2) is 28.3 Å². The largest absolute Gasteiger partial charge is 0.479 e. The molecule has 1 heterocycles. The fourth-order valence-electron chi connectivity index (χ4n) is 3.05. The van der Waals surface area contributed by atoms with Crippen LogP contribution in [0.1, 0.15) is 17.7 Å². The number of amides is 1. The first-order chi connectivity index (χ1) is 14.5. The lowest BCUT2D eigenvalue weighted by atomic mass is 9.85. The quantitative estimate of drug-likeness (QED) is 0.186. The highest BCUT2D eigenvalue weighted by molar-refractivity contribution is 7.89. The third kappa shape index (κ3) is 5.97. The van der Waals surface area contributed by atoms with E-state index in [1.54, 1.807) is 0 Å². The van der Waals surface area contributed by atoms with Gasteiger partial charge in [-0.1, -0.05) is 12.1 Å². The highest BCUT2D eigenvalue weighted by atomic mass is 32.2. The van der Waals surface area contributed by atoms with Gasteiger partial charge in [-0.2, -0.15) is 0 Å². The number of thiocarbonyl (C=S) groups is 1. The van der Waals surface area contributed by atoms with Gasteiger partial charge < -0.3 is 21.6 Å². The van der Waals surface area contributed by atoms with E-state index in [1.807, 2.05) is 0 Å². The predicted molar refractivity (Wildman–Crippen MR) is 115 cm³/mol. The van der Waals surface area contributed by atoms with Gasteiger partial charge in [0.2, 0.25) is 15.9 Å². The number of sulfonamides is 1. The van der Waals surface area contributed by atoms with Crippen LogP contribution in [0.2, 0.25) is 0 Å². The van der Waals surface area contributed by atoms with Crippen LogP contribution in [0.15, 0.2) is 41.7 Å². The molecule has 0 saturated heterocycles. The Labute approximate surface area is 183 Å². The minimum absolute atomic E-state index is 0.0306. The molecule has 168 valence electrons. The van der Waals surface area contributed by atoms with Crippen molar-refractivity contribution in [3.63, 3.8) is 0 Å². The molecule has 0 unspecified atom stereocenters. The monoisotopic (exact) mass is 469 g/mol. The summed E-state index contributed by atoms with van der Waals surface area (Å²) in [7, 11) is -3.93. The number of aliphatic carboxylic acids is 1. The smallest absolute Gasteiger partial charge is 0.332 e. The first-order valence-corrected chi connectivity index (χ1v) is 10.9. The standard InChI is InChI=1S/C17H23N7O5S2/c18-6-5-14(25)24(23-16(19)30)17(15(26)27,8-12-9-21-10-22-12)7-11-1-3-13(4-2-11)31(20,28)29/h1-4,9-10H,5-8,18H2,(H,21,22)(H,26,27)(H3,19,23,30)(H2,20,28,29)/t17-/m0/s1. The van der Waals surface area contributed by atoms with Gasteiger partial charge in [-0.15, -0.1) is 0 Å². The highest BCUT2D eigenvalue weighted by Crippen LogP contribution is 2.26. The third-order valence-corrected chi connectivity index (χ3v) is 5.46. The van der Waals surface area contributed by atoms with Gasteiger partial charge in [0.1, 0.15) is 0 Å². The maximum Gasteiger partial charge on any atom is 0.332 e. The average Bonchev–Trinajstić information content (AvgIpc) is 3.18. The SMILES string of the molecule is NCCC(=O)N(NC(N)=S)[C@@](Cc1ccc(S(N)(=O)=O)cc1)(Cc1cnc[nH]1)C(=O)O. The molecule has 0 saturated carbocycles. The Morgan fingerprint density at radius 1 is 1.26 bits per heavy atom. The molecule has 1 aromatic heterocycles. The van der Waals surface area contributed by atoms with E-state index < -0.39 is 27.4 Å². The lowest BCUT2D eigenvalue weighted by molar-refractivity contribution is -0.162. The fourth-order valence-corrected chi connectivity index (χ4v) is 3.66. The van der Waals surface area contributed by atoms with Gasteiger partial charge in [0.15, 0.2) is 10.7 Å². The van der Waals surface area contributed by atoms with Gasteiger partial charge in [0.25, 0.3) is 0 Å². The molecular weight excluding hydrogens is 446 g/mol. The Balaban J connectivity index is 2.59. The lowest BCUT2D eigenvalue weighted by Crippen LogP contribution is -2.66. The van der Waals surface area contributed by atoms with Crippen LogP contribution in [0.4, 0.5) is 0 Å². The number of primary sulfonamides is 1. The van der Waals surface area contributed by atoms with E-state index in [4.69, 9.17) is 28.8 Å². The molecule has 9 N–H and O–H groups in total. The van der Waals surface area contributed by atoms with Crippen LogP contribution in [-0.2, 0) is 32.5 Å². The number of imidazole rings is 1. The topological polar surface area (TPSA) is 211 Å². The molecule has 0 spiro atoms. The number of carboxylic acids is 1. The summed E-state index contributed by atoms with van der Waals surface area (Å²) in [6, 6.07) is 5.33. The number of aromatic amines is 1. The molecule has 1 atom stereocenters. The van der Waals surface area contributed by atoms with Crippen LogP contribution in [0.3, 0.4) is 0 Å². The van der Waals surface area contributed by atoms with E-state index in [0.29, 0.717) is 11.3 Å². The highest BCUT2D eigenvalue weighted by Gasteiger charge is 2.48. The van der Waals surface area contributed by atoms with Crippen LogP contribution < -0.4 is 22.0 Å². The lowest BCUT2D eigenvalue weighted by Gasteiger charge is -2.40. The number of carboxylic acid groups (broad SMARTS) is 1. The molecule has 0 bridgehead atoms. The summed E-state index contributed by atoms with van der Waals surface area (Å²) in [5, 5.41) is 15.9. The number of hydrogen-bond donors (Lipinski definition) is 6. The first-order valence-electron chi connectivity index (χ1n) is 8.91. The van der Waals surface area contributed by atoms with E-state index in [1.165, 1.54) is 36.8 Å². The number of hydrogen-bond acceptors (Lipinski definition) is 7. The molecule has 14 heteroatoms. The van der Waals surface area contributed by atoms with Crippen molar-refractivity contribution >= 4 is 39.2 Å². The zero-order chi connectivity index (χ0) is 23.2. The minimum Gasteiger partial charge on any atom is -0.479 e. The number of nitrogens with two attached hydrogens (primary N) is 3. The second kappa shape index (κ2) is 9.82. The number of carbonyl (C=O) groups excluding carboxylic acids is 1. The molecule has 0 fully saturated rings. The van der Waals surface area contributed by atoms with Crippen molar-refractivity contribution in [2.75, 3.05) is 6.54 Å². The normalized spacial score (nSPS) is 13.2. The Morgan fingerprint density at radius 3 is 2.35 bits per heavy atom. The molecule has 0 aliphatic rings. The molecule has 2 aromatic rings. The predicted octanol–water partition coefficient (Wildman–Crippen LogP) is -1.41. The molecule has 12 nitrogen and oxygen atoms in total. The second-order valence-electron chi connectivity index (χ2n) is 6.70. The Kier molecular flexibility index (Phi) is 7.67. The first kappa shape index (κ1) is 24.2. The fraction of sp³-hybridized carbons (Fsp3) is 0.294. The second-order valence-corrected chi connectivity index (χ2v) is 8.70. The Bertz CT molecular complexity index is 1040. The zero-order valence-electron chi connectivity index (χ0n) is 16.3. The van der Waals surface area contributed by atoms with E-state index >= 15 is 0 Å². The maximum atomic E-state index is 12.8. The number of rotatable bonds is 9. The molecule has 0 aliphatic heterocycles. The number of benzene rings is 1. The van der Waals surface area contributed by atoms with E-state index in [0.717, 1.165) is 5.01 Å². The van der Waals surface area contributed by atoms with Crippen molar-refractivity contribution in [1.82, 2.24) is 20.4 Å². The van der Waals surface area contributed by atoms with E-state index in [-0.39, 0.29) is 35.8 Å². The maximum absolute atomic E-state index is 12.8. The summed E-state index contributed by atoms with van der Waals surface area (Å²) in [4.78, 5) is 32.0. The van der Waals surface area contributed by atoms with Crippen LogP contribution in [-0.4, -0.2) is 57.6 Å². The number of H-pyrrole nitrogens is 1. The molecule has 1 aromatic carbocycles. The van der Waals surface area contributed by atoms with Crippen molar-refractivity contribution in [2.45, 2.75) is 29.7 Å². The molecular formula is C17H23N7O5S2. The van der Waals surface area contributed by atoms with E-state index in [2.05, 4.69) is 15.4 Å². The Hall–Kier alpha value is -3.07. The average molecular weight is 470 g/mol. The summed E-state index contributed by atoms with van der Waals surface area (Å²) in [6.45, 7) is -0.0306. The number of nitrogens with one attached hydrogen (secondary N) is 2. The van der Waals surface area contributed by atoms with Crippen molar-refractivity contribution in [3.05, 3.63) is 48.0 Å². The number of nitrogens with zero attached hydrogens (tertiary/aromatic N) is 2. The summed E-state index contributed by atoms with van der Waals surface area (Å²) in [5.41, 5.74) is 12.5. The van der Waals surface area contributed by atoms with Crippen LogP contribution >= 0.6 is 12.2 Å². The van der Waals surface area contributed by atoms with Gasteiger partial charge in [-0.3, -0.25) is 10.2 Å². The van der Waals surface area contributed by atoms with Crippen molar-refractivity contribution in [2.24, 2.45) is 16.6 Å². The summed E-state index contributed by atoms with van der Waals surface area (Å²) in [5.74, 6) is -2.00. The van der Waals surface area contributed by atoms with E-state index in [9.17, 15) is 23.1 Å². The van der Waals surface area contributed by atoms with Crippen molar-refractivity contribution in [1.29, 1.82) is 0 Å².